The normalized spacial score (nSPS) is 29.5. The average molecular weight is 460 g/mol. The van der Waals surface area contributed by atoms with Crippen LogP contribution in [0.5, 0.6) is 0 Å². The zero-order chi connectivity index (χ0) is 23.8. The molecule has 0 spiro atoms. The Labute approximate surface area is 180 Å². The Hall–Kier alpha value is -1.60. The van der Waals surface area contributed by atoms with Gasteiger partial charge in [-0.05, 0) is 33.6 Å². The standard InChI is InChI=1S/C20H30FN2O7P/c1-7-12-15(22-11(4)18(25)23-12)17-14(21)16(24)13(29-17)10-19(5,8-2)30-31(27,28)20(6,26)9-3/h1,13-14,16-17,24,26H,8-10H2,2-6H3,(H,23,25)(H,27,28). The number of alkyl halides is 1. The Bertz CT molecular complexity index is 960. The number of halogens is 1. The van der Waals surface area contributed by atoms with E-state index < -0.39 is 48.6 Å². The molecule has 1 aromatic heterocycles. The van der Waals surface area contributed by atoms with Gasteiger partial charge < -0.3 is 29.4 Å². The summed E-state index contributed by atoms with van der Waals surface area (Å²) in [6, 6.07) is 0. The summed E-state index contributed by atoms with van der Waals surface area (Å²) >= 11 is 0. The highest BCUT2D eigenvalue weighted by atomic mass is 31.2. The smallest absolute Gasteiger partial charge is 0.359 e. The lowest BCUT2D eigenvalue weighted by Crippen LogP contribution is -2.39. The Morgan fingerprint density at radius 2 is 2.00 bits per heavy atom. The number of H-pyrrole nitrogens is 1. The fraction of sp³-hybridized carbons (Fsp3) is 0.700. The first-order chi connectivity index (χ1) is 14.2. The van der Waals surface area contributed by atoms with Crippen LogP contribution in [0.2, 0.25) is 0 Å². The minimum atomic E-state index is -4.48. The first-order valence-corrected chi connectivity index (χ1v) is 11.6. The molecule has 0 saturated carbocycles. The molecule has 0 bridgehead atoms. The Morgan fingerprint density at radius 3 is 2.52 bits per heavy atom. The van der Waals surface area contributed by atoms with E-state index in [-0.39, 0.29) is 36.3 Å². The van der Waals surface area contributed by atoms with Crippen molar-refractivity contribution >= 4 is 7.60 Å². The number of rotatable bonds is 8. The van der Waals surface area contributed by atoms with Gasteiger partial charge in [-0.3, -0.25) is 9.36 Å². The summed E-state index contributed by atoms with van der Waals surface area (Å²) in [7, 11) is -4.48. The van der Waals surface area contributed by atoms with E-state index in [1.54, 1.807) is 13.8 Å². The van der Waals surface area contributed by atoms with Crippen LogP contribution in [-0.2, 0) is 13.8 Å². The molecule has 7 unspecified atom stereocenters. The summed E-state index contributed by atoms with van der Waals surface area (Å²) in [6.45, 7) is 7.38. The number of hydrogen-bond donors (Lipinski definition) is 4. The van der Waals surface area contributed by atoms with Crippen molar-refractivity contribution in [2.75, 3.05) is 0 Å². The maximum absolute atomic E-state index is 15.0. The molecule has 2 heterocycles. The van der Waals surface area contributed by atoms with Gasteiger partial charge in [-0.15, -0.1) is 6.42 Å². The predicted octanol–water partition coefficient (Wildman–Crippen LogP) is 2.08. The molecule has 1 fully saturated rings. The van der Waals surface area contributed by atoms with E-state index in [9.17, 15) is 28.9 Å². The number of aryl methyl sites for hydroxylation is 1. The lowest BCUT2D eigenvalue weighted by molar-refractivity contribution is -0.0538. The number of aliphatic hydroxyl groups excluding tert-OH is 1. The molecule has 4 N–H and O–H groups in total. The van der Waals surface area contributed by atoms with Gasteiger partial charge in [0.15, 0.2) is 11.5 Å². The number of nitrogens with one attached hydrogen (secondary N) is 1. The fourth-order valence-electron chi connectivity index (χ4n) is 3.25. The van der Waals surface area contributed by atoms with E-state index in [1.807, 2.05) is 0 Å². The van der Waals surface area contributed by atoms with Crippen molar-refractivity contribution in [2.45, 2.75) is 89.3 Å². The van der Waals surface area contributed by atoms with Crippen LogP contribution in [0.1, 0.15) is 70.1 Å². The number of aromatic amines is 1. The van der Waals surface area contributed by atoms with Crippen LogP contribution < -0.4 is 5.56 Å². The van der Waals surface area contributed by atoms with Gasteiger partial charge in [-0.25, -0.2) is 9.37 Å². The van der Waals surface area contributed by atoms with Crippen molar-refractivity contribution in [1.82, 2.24) is 9.97 Å². The van der Waals surface area contributed by atoms with Crippen molar-refractivity contribution < 1.29 is 33.3 Å². The summed E-state index contributed by atoms with van der Waals surface area (Å²) in [5.74, 6) is 2.24. The van der Waals surface area contributed by atoms with Gasteiger partial charge in [0, 0.05) is 6.42 Å². The van der Waals surface area contributed by atoms with E-state index in [1.165, 1.54) is 20.8 Å². The van der Waals surface area contributed by atoms with Gasteiger partial charge in [-0.2, -0.15) is 0 Å². The molecule has 31 heavy (non-hydrogen) atoms. The molecule has 1 aliphatic heterocycles. The van der Waals surface area contributed by atoms with Crippen LogP contribution >= 0.6 is 7.60 Å². The summed E-state index contributed by atoms with van der Waals surface area (Å²) in [4.78, 5) is 28.5. The second kappa shape index (κ2) is 9.10. The molecule has 0 aliphatic carbocycles. The third-order valence-electron chi connectivity index (χ3n) is 5.85. The third kappa shape index (κ3) is 5.08. The molecular formula is C20H30FN2O7P. The lowest BCUT2D eigenvalue weighted by atomic mass is 9.92. The molecule has 7 atom stereocenters. The van der Waals surface area contributed by atoms with Crippen LogP contribution in [0.3, 0.4) is 0 Å². The highest BCUT2D eigenvalue weighted by molar-refractivity contribution is 7.54. The molecule has 1 aliphatic rings. The van der Waals surface area contributed by atoms with Gasteiger partial charge in [-0.1, -0.05) is 19.8 Å². The van der Waals surface area contributed by atoms with E-state index >= 15 is 0 Å². The molecule has 2 rings (SSSR count). The van der Waals surface area contributed by atoms with Gasteiger partial charge in [0.05, 0.1) is 11.7 Å². The molecule has 0 amide bonds. The summed E-state index contributed by atoms with van der Waals surface area (Å²) < 4.78 is 38.8. The largest absolute Gasteiger partial charge is 0.387 e. The highest BCUT2D eigenvalue weighted by Gasteiger charge is 2.51. The van der Waals surface area contributed by atoms with Crippen LogP contribution in [0.25, 0.3) is 0 Å². The van der Waals surface area contributed by atoms with Gasteiger partial charge in [0.25, 0.3) is 5.56 Å². The molecule has 0 aromatic carbocycles. The van der Waals surface area contributed by atoms with Crippen LogP contribution in [0.15, 0.2) is 4.79 Å². The molecule has 1 aromatic rings. The molecule has 1 saturated heterocycles. The van der Waals surface area contributed by atoms with E-state index in [4.69, 9.17) is 15.7 Å². The average Bonchev–Trinajstić information content (AvgIpc) is 2.97. The quantitative estimate of drug-likeness (QED) is 0.341. The monoisotopic (exact) mass is 460 g/mol. The highest BCUT2D eigenvalue weighted by Crippen LogP contribution is 2.59. The van der Waals surface area contributed by atoms with E-state index in [0.717, 1.165) is 0 Å². The number of terminal acetylenes is 1. The SMILES string of the molecule is C#Cc1[nH]c(=O)c(C)nc1C1OC(CC(C)(CC)OP(=O)(O)C(C)(O)CC)C(O)C1F. The van der Waals surface area contributed by atoms with Gasteiger partial charge in [0.1, 0.15) is 29.3 Å². The summed E-state index contributed by atoms with van der Waals surface area (Å²) in [5, 5.41) is 18.7. The number of nitrogens with zero attached hydrogens (tertiary/aromatic N) is 1. The minimum Gasteiger partial charge on any atom is -0.387 e. The zero-order valence-corrected chi connectivity index (χ0v) is 19.1. The Kier molecular flexibility index (Phi) is 7.53. The van der Waals surface area contributed by atoms with Crippen molar-refractivity contribution in [3.63, 3.8) is 0 Å². The molecule has 11 heteroatoms. The fourth-order valence-corrected chi connectivity index (χ4v) is 4.65. The summed E-state index contributed by atoms with van der Waals surface area (Å²) in [5.41, 5.74) is -1.84. The Balaban J connectivity index is 2.31. The van der Waals surface area contributed by atoms with E-state index in [0.29, 0.717) is 0 Å². The maximum Gasteiger partial charge on any atom is 0.359 e. The van der Waals surface area contributed by atoms with Crippen molar-refractivity contribution in [2.24, 2.45) is 0 Å². The summed E-state index contributed by atoms with van der Waals surface area (Å²) in [6.07, 6.45) is -0.508. The third-order valence-corrected chi connectivity index (χ3v) is 8.07. The van der Waals surface area contributed by atoms with Gasteiger partial charge in [0.2, 0.25) is 0 Å². The van der Waals surface area contributed by atoms with Crippen LogP contribution in [0, 0.1) is 19.3 Å². The van der Waals surface area contributed by atoms with Crippen molar-refractivity contribution in [1.29, 1.82) is 0 Å². The number of ether oxygens (including phenoxy) is 1. The molecule has 174 valence electrons. The molecule has 0 radical (unpaired) electrons. The zero-order valence-electron chi connectivity index (χ0n) is 18.3. The first-order valence-electron chi connectivity index (χ1n) is 10.0. The molecular weight excluding hydrogens is 430 g/mol. The van der Waals surface area contributed by atoms with Crippen LogP contribution in [0.4, 0.5) is 4.39 Å². The number of aliphatic hydroxyl groups is 2. The first kappa shape index (κ1) is 25.7. The maximum atomic E-state index is 15.0. The predicted molar refractivity (Wildman–Crippen MR) is 111 cm³/mol. The second-order valence-electron chi connectivity index (χ2n) is 8.28. The minimum absolute atomic E-state index is 0.0190. The lowest BCUT2D eigenvalue weighted by Gasteiger charge is -2.37. The number of hydrogen-bond acceptors (Lipinski definition) is 7. The Morgan fingerprint density at radius 1 is 1.39 bits per heavy atom. The van der Waals surface area contributed by atoms with Crippen LogP contribution in [-0.4, -0.2) is 54.4 Å². The van der Waals surface area contributed by atoms with Gasteiger partial charge >= 0.3 is 7.60 Å². The molecule has 9 nitrogen and oxygen atoms in total. The van der Waals surface area contributed by atoms with Crippen molar-refractivity contribution in [3.05, 3.63) is 27.4 Å². The van der Waals surface area contributed by atoms with E-state index in [2.05, 4.69) is 15.9 Å². The van der Waals surface area contributed by atoms with Crippen molar-refractivity contribution in [3.8, 4) is 12.3 Å². The topological polar surface area (TPSA) is 142 Å². The number of aromatic nitrogens is 2. The second-order valence-corrected chi connectivity index (χ2v) is 10.5.